The van der Waals surface area contributed by atoms with Crippen LogP contribution >= 0.6 is 0 Å². The van der Waals surface area contributed by atoms with Gasteiger partial charge in [-0.1, -0.05) is 0 Å². The van der Waals surface area contributed by atoms with Crippen molar-refractivity contribution in [2.75, 3.05) is 11.6 Å². The van der Waals surface area contributed by atoms with Crippen LogP contribution in [0.2, 0.25) is 0 Å². The van der Waals surface area contributed by atoms with Crippen LogP contribution in [0.4, 0.5) is 17.2 Å². The number of hydrogen-bond donors (Lipinski definition) is 1. The molecule has 0 saturated heterocycles. The number of nitrogens with zero attached hydrogens (tertiary/aromatic N) is 3. The summed E-state index contributed by atoms with van der Waals surface area (Å²) in [5.41, 5.74) is -0.139. The predicted octanol–water partition coefficient (Wildman–Crippen LogP) is 1.48. The molecule has 1 aromatic carbocycles. The van der Waals surface area contributed by atoms with E-state index in [1.807, 2.05) is 0 Å². The van der Waals surface area contributed by atoms with Crippen LogP contribution < -0.4 is 5.32 Å². The average Bonchev–Trinajstić information content (AvgIpc) is 2.73. The Balaban J connectivity index is 2.45. The Morgan fingerprint density at radius 3 is 2.55 bits per heavy atom. The molecule has 0 amide bonds. The minimum atomic E-state index is -3.50. The first-order valence-corrected chi connectivity index (χ1v) is 7.41. The molecule has 0 aliphatic rings. The largest absolute Gasteiger partial charge is 0.333 e. The molecule has 0 radical (unpaired) electrons. The average molecular weight is 296 g/mol. The van der Waals surface area contributed by atoms with Gasteiger partial charge in [-0.15, -0.1) is 0 Å². The van der Waals surface area contributed by atoms with E-state index in [1.54, 1.807) is 24.0 Å². The van der Waals surface area contributed by atoms with Crippen LogP contribution in [0.25, 0.3) is 0 Å². The normalized spacial score (nSPS) is 11.3. The molecule has 0 aliphatic carbocycles. The molecule has 0 atom stereocenters. The van der Waals surface area contributed by atoms with E-state index < -0.39 is 14.8 Å². The molecule has 2 rings (SSSR count). The van der Waals surface area contributed by atoms with Gasteiger partial charge in [-0.3, -0.25) is 14.8 Å². The van der Waals surface area contributed by atoms with Crippen LogP contribution in [0.3, 0.4) is 0 Å². The number of sulfone groups is 1. The molecule has 0 unspecified atom stereocenters. The van der Waals surface area contributed by atoms with E-state index in [4.69, 9.17) is 0 Å². The molecule has 1 N–H and O–H groups in total. The molecule has 1 aromatic heterocycles. The lowest BCUT2D eigenvalue weighted by molar-refractivity contribution is -0.384. The van der Waals surface area contributed by atoms with Crippen LogP contribution in [-0.4, -0.2) is 29.4 Å². The second-order valence-electron chi connectivity index (χ2n) is 4.21. The van der Waals surface area contributed by atoms with Gasteiger partial charge in [-0.2, -0.15) is 5.10 Å². The molecule has 0 aliphatic heterocycles. The monoisotopic (exact) mass is 296 g/mol. The van der Waals surface area contributed by atoms with Crippen molar-refractivity contribution >= 4 is 27.0 Å². The minimum absolute atomic E-state index is 0.101. The summed E-state index contributed by atoms with van der Waals surface area (Å²) in [5.74, 6) is 0.433. The van der Waals surface area contributed by atoms with Crippen molar-refractivity contribution in [3.8, 4) is 0 Å². The first-order valence-electron chi connectivity index (χ1n) is 5.52. The lowest BCUT2D eigenvalue weighted by Crippen LogP contribution is -2.02. The molecule has 8 nitrogen and oxygen atoms in total. The summed E-state index contributed by atoms with van der Waals surface area (Å²) < 4.78 is 24.4. The first-order chi connectivity index (χ1) is 9.27. The molecular formula is C11H12N4O4S. The second-order valence-corrected chi connectivity index (χ2v) is 6.22. The fourth-order valence-electron chi connectivity index (χ4n) is 1.62. The van der Waals surface area contributed by atoms with E-state index in [0.717, 1.165) is 12.3 Å². The fourth-order valence-corrected chi connectivity index (χ4v) is 2.26. The summed E-state index contributed by atoms with van der Waals surface area (Å²) >= 11 is 0. The van der Waals surface area contributed by atoms with Crippen LogP contribution in [0.15, 0.2) is 35.4 Å². The topological polar surface area (TPSA) is 107 Å². The minimum Gasteiger partial charge on any atom is -0.333 e. The van der Waals surface area contributed by atoms with Gasteiger partial charge in [0, 0.05) is 31.6 Å². The number of nitro groups is 1. The maximum atomic E-state index is 11.4. The summed E-state index contributed by atoms with van der Waals surface area (Å²) in [5, 5.41) is 17.9. The first kappa shape index (κ1) is 14.0. The zero-order valence-electron chi connectivity index (χ0n) is 10.8. The number of rotatable bonds is 4. The summed E-state index contributed by atoms with van der Waals surface area (Å²) in [6.45, 7) is 0. The highest BCUT2D eigenvalue weighted by Crippen LogP contribution is 2.29. The van der Waals surface area contributed by atoms with Crippen molar-refractivity contribution in [3.05, 3.63) is 40.6 Å². The Labute approximate surface area is 115 Å². The van der Waals surface area contributed by atoms with E-state index in [0.29, 0.717) is 5.82 Å². The van der Waals surface area contributed by atoms with Gasteiger partial charge in [-0.05, 0) is 12.1 Å². The second kappa shape index (κ2) is 4.93. The molecular weight excluding hydrogens is 284 g/mol. The third-order valence-corrected chi connectivity index (χ3v) is 3.68. The van der Waals surface area contributed by atoms with Gasteiger partial charge in [0.05, 0.1) is 9.82 Å². The van der Waals surface area contributed by atoms with Gasteiger partial charge in [0.15, 0.2) is 15.7 Å². The quantitative estimate of drug-likeness (QED) is 0.676. The van der Waals surface area contributed by atoms with Gasteiger partial charge < -0.3 is 5.32 Å². The van der Waals surface area contributed by atoms with Crippen molar-refractivity contribution < 1.29 is 13.3 Å². The van der Waals surface area contributed by atoms with Crippen LogP contribution in [0.1, 0.15) is 0 Å². The van der Waals surface area contributed by atoms with Crippen molar-refractivity contribution in [1.29, 1.82) is 0 Å². The molecule has 20 heavy (non-hydrogen) atoms. The Hall–Kier alpha value is -2.42. The summed E-state index contributed by atoms with van der Waals surface area (Å²) in [7, 11) is -1.78. The predicted molar refractivity (Wildman–Crippen MR) is 72.7 cm³/mol. The zero-order valence-corrected chi connectivity index (χ0v) is 11.6. The standard InChI is InChI=1S/C11H12N4O4S/c1-14-6-5-11(13-14)12-9-4-3-8(20(2,18)19)7-10(9)15(16)17/h3-7H,1-2H3,(H,12,13). The highest BCUT2D eigenvalue weighted by Gasteiger charge is 2.19. The van der Waals surface area contributed by atoms with E-state index in [9.17, 15) is 18.5 Å². The van der Waals surface area contributed by atoms with E-state index in [2.05, 4.69) is 10.4 Å². The molecule has 0 spiro atoms. The molecule has 0 saturated carbocycles. The van der Waals surface area contributed by atoms with Gasteiger partial charge in [-0.25, -0.2) is 8.42 Å². The molecule has 0 fully saturated rings. The number of aryl methyl sites for hydroxylation is 1. The fraction of sp³-hybridized carbons (Fsp3) is 0.182. The third-order valence-electron chi connectivity index (χ3n) is 2.57. The molecule has 9 heteroatoms. The highest BCUT2D eigenvalue weighted by molar-refractivity contribution is 7.90. The van der Waals surface area contributed by atoms with Crippen LogP contribution in [-0.2, 0) is 16.9 Å². The maximum Gasteiger partial charge on any atom is 0.294 e. The maximum absolute atomic E-state index is 11.4. The lowest BCUT2D eigenvalue weighted by Gasteiger charge is -2.06. The molecule has 1 heterocycles. The Morgan fingerprint density at radius 2 is 2.05 bits per heavy atom. The molecule has 106 valence electrons. The van der Waals surface area contributed by atoms with Crippen LogP contribution in [0.5, 0.6) is 0 Å². The van der Waals surface area contributed by atoms with E-state index in [-0.39, 0.29) is 16.3 Å². The zero-order chi connectivity index (χ0) is 14.9. The van der Waals surface area contributed by atoms with E-state index >= 15 is 0 Å². The van der Waals surface area contributed by atoms with Crippen molar-refractivity contribution in [3.63, 3.8) is 0 Å². The van der Waals surface area contributed by atoms with Crippen LogP contribution in [0, 0.1) is 10.1 Å². The third kappa shape index (κ3) is 2.94. The molecule has 0 bridgehead atoms. The number of nitro benzene ring substituents is 1. The molecule has 2 aromatic rings. The number of aromatic nitrogens is 2. The van der Waals surface area contributed by atoms with Crippen molar-refractivity contribution in [2.24, 2.45) is 7.05 Å². The van der Waals surface area contributed by atoms with Gasteiger partial charge in [0.25, 0.3) is 5.69 Å². The van der Waals surface area contributed by atoms with Crippen molar-refractivity contribution in [1.82, 2.24) is 9.78 Å². The Morgan fingerprint density at radius 1 is 1.35 bits per heavy atom. The number of anilines is 2. The Bertz CT molecular complexity index is 766. The highest BCUT2D eigenvalue weighted by atomic mass is 32.2. The van der Waals surface area contributed by atoms with Gasteiger partial charge in [0.1, 0.15) is 5.69 Å². The smallest absolute Gasteiger partial charge is 0.294 e. The Kier molecular flexibility index (Phi) is 3.45. The SMILES string of the molecule is Cn1ccc(Nc2ccc(S(C)(=O)=O)cc2[N+](=O)[O-])n1. The summed E-state index contributed by atoms with van der Waals surface area (Å²) in [4.78, 5) is 10.3. The van der Waals surface area contributed by atoms with Gasteiger partial charge in [0.2, 0.25) is 0 Å². The van der Waals surface area contributed by atoms with Crippen molar-refractivity contribution in [2.45, 2.75) is 4.90 Å². The summed E-state index contributed by atoms with van der Waals surface area (Å²) in [6, 6.07) is 5.34. The number of benzene rings is 1. The number of hydrogen-bond acceptors (Lipinski definition) is 6. The number of nitrogens with one attached hydrogen (secondary N) is 1. The van der Waals surface area contributed by atoms with Gasteiger partial charge >= 0.3 is 0 Å². The lowest BCUT2D eigenvalue weighted by atomic mass is 10.2. The van der Waals surface area contributed by atoms with E-state index in [1.165, 1.54) is 12.1 Å². The summed E-state index contributed by atoms with van der Waals surface area (Å²) in [6.07, 6.45) is 2.68.